The Kier molecular flexibility index (Phi) is 4.03. The van der Waals surface area contributed by atoms with Crippen molar-refractivity contribution in [2.75, 3.05) is 0 Å². The van der Waals surface area contributed by atoms with Crippen molar-refractivity contribution in [1.82, 2.24) is 10.3 Å². The molecule has 0 bridgehead atoms. The molecule has 0 radical (unpaired) electrons. The molecule has 0 aliphatic carbocycles. The van der Waals surface area contributed by atoms with Crippen LogP contribution >= 0.6 is 11.3 Å². The summed E-state index contributed by atoms with van der Waals surface area (Å²) in [4.78, 5) is 15.6. The van der Waals surface area contributed by atoms with E-state index in [1.807, 2.05) is 0 Å². The van der Waals surface area contributed by atoms with Crippen molar-refractivity contribution in [3.63, 3.8) is 0 Å². The summed E-state index contributed by atoms with van der Waals surface area (Å²) in [6.07, 6.45) is -3.31. The van der Waals surface area contributed by atoms with E-state index in [2.05, 4.69) is 10.3 Å². The number of nitrogens with zero attached hydrogens (tertiary/aromatic N) is 1. The molecule has 0 spiro atoms. The highest BCUT2D eigenvalue weighted by molar-refractivity contribution is 7.09. The van der Waals surface area contributed by atoms with Crippen molar-refractivity contribution in [3.8, 4) is 0 Å². The Labute approximate surface area is 115 Å². The number of amides is 1. The van der Waals surface area contributed by atoms with E-state index >= 15 is 0 Å². The first-order valence-corrected chi connectivity index (χ1v) is 6.30. The van der Waals surface area contributed by atoms with Gasteiger partial charge in [0.05, 0.1) is 17.7 Å². The molecule has 0 fully saturated rings. The highest BCUT2D eigenvalue weighted by Crippen LogP contribution is 2.32. The number of aromatic nitrogens is 1. The molecule has 0 aliphatic rings. The quantitative estimate of drug-likeness (QED) is 0.885. The summed E-state index contributed by atoms with van der Waals surface area (Å²) in [5.74, 6) is -2.49. The molecule has 0 aliphatic heterocycles. The maximum absolute atomic E-state index is 13.7. The molecule has 0 saturated heterocycles. The number of hydrogen-bond donors (Lipinski definition) is 1. The Morgan fingerprint density at radius 3 is 2.70 bits per heavy atom. The number of hydrogen-bond acceptors (Lipinski definition) is 3. The van der Waals surface area contributed by atoms with Crippen LogP contribution in [0.3, 0.4) is 0 Å². The van der Waals surface area contributed by atoms with Crippen molar-refractivity contribution >= 4 is 17.2 Å². The van der Waals surface area contributed by atoms with E-state index in [0.29, 0.717) is 11.1 Å². The van der Waals surface area contributed by atoms with Gasteiger partial charge in [-0.15, -0.1) is 11.3 Å². The zero-order valence-electron chi connectivity index (χ0n) is 9.87. The molecule has 3 nitrogen and oxygen atoms in total. The highest BCUT2D eigenvalue weighted by Gasteiger charge is 2.35. The van der Waals surface area contributed by atoms with Crippen LogP contribution in [-0.4, -0.2) is 10.9 Å². The van der Waals surface area contributed by atoms with E-state index in [9.17, 15) is 22.4 Å². The molecule has 1 aromatic heterocycles. The van der Waals surface area contributed by atoms with E-state index in [1.165, 1.54) is 17.5 Å². The van der Waals surface area contributed by atoms with E-state index < -0.39 is 29.0 Å². The summed E-state index contributed by atoms with van der Waals surface area (Å²) < 4.78 is 51.3. The predicted molar refractivity (Wildman–Crippen MR) is 64.7 cm³/mol. The van der Waals surface area contributed by atoms with Gasteiger partial charge in [-0.2, -0.15) is 13.2 Å². The van der Waals surface area contributed by atoms with Crippen LogP contribution in [0.25, 0.3) is 0 Å². The van der Waals surface area contributed by atoms with Gasteiger partial charge in [0.1, 0.15) is 10.8 Å². The van der Waals surface area contributed by atoms with Gasteiger partial charge in [-0.1, -0.05) is 6.07 Å². The van der Waals surface area contributed by atoms with Crippen LogP contribution in [0.4, 0.5) is 17.6 Å². The Balaban J connectivity index is 2.18. The summed E-state index contributed by atoms with van der Waals surface area (Å²) in [6.45, 7) is 0.0339. The van der Waals surface area contributed by atoms with Gasteiger partial charge in [0.15, 0.2) is 0 Å². The van der Waals surface area contributed by atoms with Crippen LogP contribution in [0.15, 0.2) is 29.8 Å². The lowest BCUT2D eigenvalue weighted by Crippen LogP contribution is -2.25. The molecule has 1 amide bonds. The van der Waals surface area contributed by atoms with Gasteiger partial charge in [-0.05, 0) is 12.1 Å². The van der Waals surface area contributed by atoms with Crippen LogP contribution < -0.4 is 5.32 Å². The third-order valence-corrected chi connectivity index (χ3v) is 3.21. The second kappa shape index (κ2) is 5.58. The standard InChI is InChI=1S/C12H8F4N2OS/c13-10-7(2-1-3-8(10)12(14,15)16)11(19)18-6-9-17-4-5-20-9/h1-5H,6H2,(H,18,19). The summed E-state index contributed by atoms with van der Waals surface area (Å²) >= 11 is 1.27. The van der Waals surface area contributed by atoms with Crippen LogP contribution in [-0.2, 0) is 12.7 Å². The largest absolute Gasteiger partial charge is 0.419 e. The van der Waals surface area contributed by atoms with Gasteiger partial charge in [0.2, 0.25) is 0 Å². The van der Waals surface area contributed by atoms with Gasteiger partial charge < -0.3 is 5.32 Å². The minimum Gasteiger partial charge on any atom is -0.345 e. The summed E-state index contributed by atoms with van der Waals surface area (Å²) in [5.41, 5.74) is -2.10. The van der Waals surface area contributed by atoms with E-state index in [0.717, 1.165) is 12.1 Å². The van der Waals surface area contributed by atoms with Crippen LogP contribution in [0.2, 0.25) is 0 Å². The van der Waals surface area contributed by atoms with Crippen LogP contribution in [0.1, 0.15) is 20.9 Å². The molecule has 1 aromatic carbocycles. The topological polar surface area (TPSA) is 42.0 Å². The van der Waals surface area contributed by atoms with Gasteiger partial charge >= 0.3 is 6.18 Å². The third-order valence-electron chi connectivity index (χ3n) is 2.43. The Bertz CT molecular complexity index is 610. The van der Waals surface area contributed by atoms with Crippen molar-refractivity contribution in [3.05, 3.63) is 51.7 Å². The third kappa shape index (κ3) is 3.13. The molecule has 1 heterocycles. The minimum atomic E-state index is -4.84. The Morgan fingerprint density at radius 2 is 2.10 bits per heavy atom. The molecular weight excluding hydrogens is 296 g/mol. The molecule has 0 unspecified atom stereocenters. The van der Waals surface area contributed by atoms with E-state index in [4.69, 9.17) is 0 Å². The highest BCUT2D eigenvalue weighted by atomic mass is 32.1. The lowest BCUT2D eigenvalue weighted by molar-refractivity contribution is -0.140. The first kappa shape index (κ1) is 14.4. The SMILES string of the molecule is O=C(NCc1nccs1)c1cccc(C(F)(F)F)c1F. The summed E-state index contributed by atoms with van der Waals surface area (Å²) in [6, 6.07) is 2.58. The second-order valence-corrected chi connectivity index (χ2v) is 4.75. The lowest BCUT2D eigenvalue weighted by atomic mass is 10.1. The summed E-state index contributed by atoms with van der Waals surface area (Å²) in [5, 5.41) is 4.58. The first-order valence-electron chi connectivity index (χ1n) is 5.42. The van der Waals surface area contributed by atoms with Crippen molar-refractivity contribution < 1.29 is 22.4 Å². The molecule has 0 atom stereocenters. The Morgan fingerprint density at radius 1 is 1.35 bits per heavy atom. The van der Waals surface area contributed by atoms with Gasteiger partial charge in [0, 0.05) is 11.6 Å². The fourth-order valence-electron chi connectivity index (χ4n) is 1.52. The van der Waals surface area contributed by atoms with Crippen molar-refractivity contribution in [2.45, 2.75) is 12.7 Å². The Hall–Kier alpha value is -1.96. The lowest BCUT2D eigenvalue weighted by Gasteiger charge is -2.10. The average Bonchev–Trinajstić information content (AvgIpc) is 2.88. The fraction of sp³-hybridized carbons (Fsp3) is 0.167. The molecule has 1 N–H and O–H groups in total. The number of carbonyl (C=O) groups excluding carboxylic acids is 1. The van der Waals surface area contributed by atoms with Gasteiger partial charge in [-0.3, -0.25) is 4.79 Å². The zero-order chi connectivity index (χ0) is 14.8. The molecule has 8 heteroatoms. The molecule has 2 aromatic rings. The summed E-state index contributed by atoms with van der Waals surface area (Å²) in [7, 11) is 0. The van der Waals surface area contributed by atoms with Crippen LogP contribution in [0.5, 0.6) is 0 Å². The van der Waals surface area contributed by atoms with Gasteiger partial charge in [0.25, 0.3) is 5.91 Å². The molecular formula is C12H8F4N2OS. The van der Waals surface area contributed by atoms with Gasteiger partial charge in [-0.25, -0.2) is 9.37 Å². The monoisotopic (exact) mass is 304 g/mol. The number of thiazole rings is 1. The van der Waals surface area contributed by atoms with Crippen molar-refractivity contribution in [2.24, 2.45) is 0 Å². The maximum atomic E-state index is 13.7. The number of rotatable bonds is 3. The van der Waals surface area contributed by atoms with E-state index in [-0.39, 0.29) is 6.54 Å². The predicted octanol–water partition coefficient (Wildman–Crippen LogP) is 3.23. The minimum absolute atomic E-state index is 0.0339. The molecule has 0 saturated carbocycles. The average molecular weight is 304 g/mol. The number of alkyl halides is 3. The van der Waals surface area contributed by atoms with Crippen molar-refractivity contribution in [1.29, 1.82) is 0 Å². The number of carbonyl (C=O) groups is 1. The number of halogens is 4. The zero-order valence-corrected chi connectivity index (χ0v) is 10.7. The maximum Gasteiger partial charge on any atom is 0.419 e. The molecule has 106 valence electrons. The number of benzene rings is 1. The van der Waals surface area contributed by atoms with Crippen LogP contribution in [0, 0.1) is 5.82 Å². The molecule has 2 rings (SSSR count). The number of nitrogens with one attached hydrogen (secondary N) is 1. The normalized spacial score (nSPS) is 11.4. The first-order chi connectivity index (χ1) is 9.39. The van der Waals surface area contributed by atoms with E-state index in [1.54, 1.807) is 5.38 Å². The smallest absolute Gasteiger partial charge is 0.345 e. The molecule has 20 heavy (non-hydrogen) atoms. The fourth-order valence-corrected chi connectivity index (χ4v) is 2.07. The second-order valence-electron chi connectivity index (χ2n) is 3.77.